The predicted octanol–water partition coefficient (Wildman–Crippen LogP) is 5.72. The van der Waals surface area contributed by atoms with E-state index in [1.807, 2.05) is 19.3 Å². The van der Waals surface area contributed by atoms with Crippen LogP contribution >= 0.6 is 0 Å². The summed E-state index contributed by atoms with van der Waals surface area (Å²) in [5, 5.41) is 0. The zero-order valence-electron chi connectivity index (χ0n) is 18.0. The molecule has 2 N–H and O–H groups in total. The third kappa shape index (κ3) is 30.9. The second-order valence-corrected chi connectivity index (χ2v) is 6.86. The van der Waals surface area contributed by atoms with Gasteiger partial charge in [-0.2, -0.15) is 0 Å². The number of carbonyl (C=O) groups excluding carboxylic acids is 1. The van der Waals surface area contributed by atoms with Crippen molar-refractivity contribution < 1.29 is 4.79 Å². The lowest BCUT2D eigenvalue weighted by Crippen LogP contribution is -1.91. The van der Waals surface area contributed by atoms with Gasteiger partial charge in [0, 0.05) is 12.4 Å². The summed E-state index contributed by atoms with van der Waals surface area (Å²) in [7, 11) is 0. The van der Waals surface area contributed by atoms with Gasteiger partial charge in [-0.05, 0) is 37.2 Å². The van der Waals surface area contributed by atoms with Gasteiger partial charge < -0.3 is 5.73 Å². The molecule has 1 aromatic heterocycles. The highest BCUT2D eigenvalue weighted by atomic mass is 16.1. The van der Waals surface area contributed by atoms with Gasteiger partial charge in [0.15, 0.2) is 0 Å². The monoisotopic (exact) mass is 353 g/mol. The number of amides is 1. The molecule has 25 heavy (non-hydrogen) atoms. The largest absolute Gasteiger partial charge is 0.372 e. The molecule has 0 unspecified atom stereocenters. The lowest BCUT2D eigenvalue weighted by molar-refractivity contribution is -0.106. The van der Waals surface area contributed by atoms with E-state index in [1.54, 1.807) is 0 Å². The normalized spacial score (nSPS) is 9.20. The van der Waals surface area contributed by atoms with Crippen LogP contribution in [0.5, 0.6) is 0 Å². The molecule has 0 aliphatic heterocycles. The molecule has 0 atom stereocenters. The average molecular weight is 354 g/mol. The van der Waals surface area contributed by atoms with Gasteiger partial charge in [-0.1, -0.05) is 74.1 Å². The van der Waals surface area contributed by atoms with E-state index in [9.17, 15) is 0 Å². The third-order valence-corrected chi connectivity index (χ3v) is 3.34. The Kier molecular flexibility index (Phi) is 25.6. The zero-order chi connectivity index (χ0) is 20.1. The van der Waals surface area contributed by atoms with Crippen molar-refractivity contribution in [3.8, 4) is 0 Å². The number of rotatable bonds is 6. The number of primary amides is 1. The number of hydrogen-bond donors (Lipinski definition) is 1. The molecular weight excluding hydrogens is 310 g/mol. The number of aryl methyl sites for hydroxylation is 2. The van der Waals surface area contributed by atoms with Crippen molar-refractivity contribution in [2.45, 2.75) is 93.9 Å². The van der Waals surface area contributed by atoms with Crippen molar-refractivity contribution >= 4 is 6.41 Å². The van der Waals surface area contributed by atoms with Crippen molar-refractivity contribution in [2.24, 2.45) is 17.6 Å². The number of nitrogens with two attached hydrogens (primary N) is 1. The number of carbonyl (C=O) groups is 1. The highest BCUT2D eigenvalue weighted by Gasteiger charge is 1.92. The Labute approximate surface area is 157 Å². The molecular formula is C21H43N3O. The predicted molar refractivity (Wildman–Crippen MR) is 111 cm³/mol. The Bertz CT molecular complexity index is 362. The Morgan fingerprint density at radius 3 is 1.68 bits per heavy atom. The summed E-state index contributed by atoms with van der Waals surface area (Å²) in [5.41, 5.74) is 5.41. The summed E-state index contributed by atoms with van der Waals surface area (Å²) >= 11 is 0. The van der Waals surface area contributed by atoms with Crippen molar-refractivity contribution in [2.75, 3.05) is 0 Å². The summed E-state index contributed by atoms with van der Waals surface area (Å²) in [5.74, 6) is 2.63. The van der Waals surface area contributed by atoms with Gasteiger partial charge in [-0.15, -0.1) is 0 Å². The van der Waals surface area contributed by atoms with Crippen LogP contribution in [0.1, 0.15) is 92.0 Å². The van der Waals surface area contributed by atoms with Gasteiger partial charge in [0.2, 0.25) is 6.41 Å². The van der Waals surface area contributed by atoms with Gasteiger partial charge in [-0.25, -0.2) is 9.97 Å². The second-order valence-electron chi connectivity index (χ2n) is 6.86. The molecule has 0 radical (unpaired) electrons. The van der Waals surface area contributed by atoms with Crippen LogP contribution in [0.4, 0.5) is 0 Å². The lowest BCUT2D eigenvalue weighted by Gasteiger charge is -1.97. The van der Waals surface area contributed by atoms with Gasteiger partial charge in [-0.3, -0.25) is 4.79 Å². The molecule has 0 saturated heterocycles. The highest BCUT2D eigenvalue weighted by molar-refractivity contribution is 5.42. The average Bonchev–Trinajstić information content (AvgIpc) is 2.56. The quantitative estimate of drug-likeness (QED) is 0.664. The molecule has 4 nitrogen and oxygen atoms in total. The maximum Gasteiger partial charge on any atom is 0.204 e. The Morgan fingerprint density at radius 2 is 1.44 bits per heavy atom. The molecule has 0 aromatic carbocycles. The molecule has 0 aliphatic carbocycles. The van der Waals surface area contributed by atoms with Crippen LogP contribution in [0.25, 0.3) is 0 Å². The minimum absolute atomic E-state index is 0.250. The fourth-order valence-electron chi connectivity index (χ4n) is 1.51. The van der Waals surface area contributed by atoms with Gasteiger partial charge in [0.05, 0.1) is 0 Å². The molecule has 1 heterocycles. The van der Waals surface area contributed by atoms with E-state index in [0.717, 1.165) is 24.1 Å². The smallest absolute Gasteiger partial charge is 0.204 e. The molecule has 0 spiro atoms. The number of unbranched alkanes of at least 4 members (excludes halogenated alkanes) is 1. The Hall–Kier alpha value is -1.45. The topological polar surface area (TPSA) is 68.9 Å². The van der Waals surface area contributed by atoms with Gasteiger partial charge in [0.1, 0.15) is 5.82 Å². The maximum atomic E-state index is 8.58. The van der Waals surface area contributed by atoms with Crippen LogP contribution in [-0.4, -0.2) is 16.4 Å². The lowest BCUT2D eigenvalue weighted by atomic mass is 10.1. The summed E-state index contributed by atoms with van der Waals surface area (Å²) in [6.45, 7) is 17.5. The van der Waals surface area contributed by atoms with Crippen molar-refractivity contribution in [1.29, 1.82) is 0 Å². The molecule has 4 heteroatoms. The third-order valence-electron chi connectivity index (χ3n) is 3.34. The molecule has 0 bridgehead atoms. The SMILES string of the molecule is CCC(C)C.CCCC(C)C.CCCCc1cnc(C)nc1.NC=O. The van der Waals surface area contributed by atoms with Crippen LogP contribution in [0, 0.1) is 18.8 Å². The number of nitrogens with zero attached hydrogens (tertiary/aromatic N) is 2. The first-order chi connectivity index (χ1) is 11.8. The Balaban J connectivity index is -0.000000295. The molecule has 0 saturated carbocycles. The van der Waals surface area contributed by atoms with Crippen LogP contribution in [0.2, 0.25) is 0 Å². The maximum absolute atomic E-state index is 8.58. The fraction of sp³-hybridized carbons (Fsp3) is 0.762. The minimum atomic E-state index is 0.250. The summed E-state index contributed by atoms with van der Waals surface area (Å²) < 4.78 is 0. The van der Waals surface area contributed by atoms with Crippen LogP contribution < -0.4 is 5.73 Å². The van der Waals surface area contributed by atoms with Crippen LogP contribution in [0.3, 0.4) is 0 Å². The van der Waals surface area contributed by atoms with E-state index < -0.39 is 0 Å². The standard InChI is InChI=1S/C9H14N2.C6H14.C5H12.CH3NO/c1-3-4-5-9-6-10-8(2)11-7-9;1-4-5-6(2)3;1-4-5(2)3;2-1-3/h6-7H,3-5H2,1-2H3;6H,4-5H2,1-3H3;5H,4H2,1-3H3;1H,(H2,2,3). The first kappa shape index (κ1) is 28.4. The van der Waals surface area contributed by atoms with Crippen molar-refractivity contribution in [3.63, 3.8) is 0 Å². The molecule has 0 fully saturated rings. The van der Waals surface area contributed by atoms with E-state index in [-0.39, 0.29) is 6.41 Å². The second kappa shape index (κ2) is 22.6. The summed E-state index contributed by atoms with van der Waals surface area (Å²) in [4.78, 5) is 16.8. The summed E-state index contributed by atoms with van der Waals surface area (Å²) in [6.07, 6.45) is 11.7. The number of hydrogen-bond acceptors (Lipinski definition) is 3. The molecule has 1 amide bonds. The Morgan fingerprint density at radius 1 is 1.00 bits per heavy atom. The van der Waals surface area contributed by atoms with Crippen LogP contribution in [0.15, 0.2) is 12.4 Å². The first-order valence-electron chi connectivity index (χ1n) is 9.71. The zero-order valence-corrected chi connectivity index (χ0v) is 18.0. The minimum Gasteiger partial charge on any atom is -0.372 e. The van der Waals surface area contributed by atoms with Crippen molar-refractivity contribution in [1.82, 2.24) is 9.97 Å². The van der Waals surface area contributed by atoms with E-state index in [1.165, 1.54) is 37.7 Å². The van der Waals surface area contributed by atoms with Gasteiger partial charge in [0.25, 0.3) is 0 Å². The fourth-order valence-corrected chi connectivity index (χ4v) is 1.51. The van der Waals surface area contributed by atoms with E-state index in [0.29, 0.717) is 0 Å². The highest BCUT2D eigenvalue weighted by Crippen LogP contribution is 2.01. The molecule has 148 valence electrons. The van der Waals surface area contributed by atoms with Crippen molar-refractivity contribution in [3.05, 3.63) is 23.8 Å². The van der Waals surface area contributed by atoms with Gasteiger partial charge >= 0.3 is 0 Å². The molecule has 1 rings (SSSR count). The first-order valence-corrected chi connectivity index (χ1v) is 9.71. The van der Waals surface area contributed by atoms with Crippen LogP contribution in [-0.2, 0) is 11.2 Å². The van der Waals surface area contributed by atoms with E-state index in [2.05, 4.69) is 64.2 Å². The number of aromatic nitrogens is 2. The van der Waals surface area contributed by atoms with E-state index in [4.69, 9.17) is 4.79 Å². The summed E-state index contributed by atoms with van der Waals surface area (Å²) in [6, 6.07) is 0. The molecule has 0 aliphatic rings. The molecule has 1 aromatic rings. The van der Waals surface area contributed by atoms with E-state index >= 15 is 0 Å².